The van der Waals surface area contributed by atoms with E-state index >= 15 is 0 Å². The molecule has 0 spiro atoms. The van der Waals surface area contributed by atoms with Crippen LogP contribution in [0.1, 0.15) is 10.4 Å². The van der Waals surface area contributed by atoms with E-state index in [-0.39, 0.29) is 11.6 Å². The number of benzene rings is 3. The van der Waals surface area contributed by atoms with Gasteiger partial charge in [0.15, 0.2) is 17.3 Å². The van der Waals surface area contributed by atoms with Gasteiger partial charge in [-0.05, 0) is 54.1 Å². The number of thiophene rings is 1. The summed E-state index contributed by atoms with van der Waals surface area (Å²) in [4.78, 5) is 20.3. The molecule has 5 rings (SSSR count). The van der Waals surface area contributed by atoms with Crippen LogP contribution in [0.2, 0.25) is 5.02 Å². The zero-order valence-corrected chi connectivity index (χ0v) is 19.8. The molecule has 0 N–H and O–H groups in total. The predicted molar refractivity (Wildman–Crippen MR) is 135 cm³/mol. The predicted octanol–water partition coefficient (Wildman–Crippen LogP) is 6.55. The number of rotatable bonds is 5. The molecule has 0 fully saturated rings. The molecule has 5 nitrogen and oxygen atoms in total. The van der Waals surface area contributed by atoms with Crippen molar-refractivity contribution in [2.24, 2.45) is 4.99 Å². The van der Waals surface area contributed by atoms with Gasteiger partial charge in [-0.1, -0.05) is 35.9 Å². The highest BCUT2D eigenvalue weighted by Crippen LogP contribution is 2.39. The normalized spacial score (nSPS) is 14.7. The molecule has 1 aliphatic heterocycles. The minimum atomic E-state index is -0.394. The molecule has 1 amide bonds. The summed E-state index contributed by atoms with van der Waals surface area (Å²) in [6.07, 6.45) is 1.68. The molecule has 3 aromatic carbocycles. The van der Waals surface area contributed by atoms with E-state index in [2.05, 4.69) is 4.99 Å². The lowest BCUT2D eigenvalue weighted by atomic mass is 10.1. The van der Waals surface area contributed by atoms with Crippen molar-refractivity contribution in [2.45, 2.75) is 0 Å². The topological polar surface area (TPSA) is 51.1 Å². The van der Waals surface area contributed by atoms with Gasteiger partial charge in [0, 0.05) is 10.1 Å². The van der Waals surface area contributed by atoms with Crippen molar-refractivity contribution in [1.82, 2.24) is 0 Å². The molecule has 0 radical (unpaired) electrons. The van der Waals surface area contributed by atoms with Gasteiger partial charge in [0.1, 0.15) is 11.5 Å². The highest BCUT2D eigenvalue weighted by Gasteiger charge is 2.35. The van der Waals surface area contributed by atoms with Crippen molar-refractivity contribution < 1.29 is 18.7 Å². The highest BCUT2D eigenvalue weighted by molar-refractivity contribution is 7.21. The average Bonchev–Trinajstić information content (AvgIpc) is 3.36. The number of carbonyl (C=O) groups excluding carboxylic acids is 1. The Morgan fingerprint density at radius 1 is 1.00 bits per heavy atom. The lowest BCUT2D eigenvalue weighted by Gasteiger charge is -2.17. The van der Waals surface area contributed by atoms with Gasteiger partial charge in [0.25, 0.3) is 5.91 Å². The number of amidine groups is 1. The van der Waals surface area contributed by atoms with Gasteiger partial charge in [0.2, 0.25) is 0 Å². The standard InChI is InChI=1S/C26H18ClFN2O3S/c1-32-20-12-7-15(14-21(20)33-2)13-19-26(31)30(17-10-8-16(28)9-11-17)25(29-19)24-23(27)18-5-3-4-6-22(18)34-24/h3-14H,1-2H3/b19-13+. The second-order valence-electron chi connectivity index (χ2n) is 7.44. The third-order valence-electron chi connectivity index (χ3n) is 5.39. The zero-order valence-electron chi connectivity index (χ0n) is 18.2. The first-order chi connectivity index (χ1) is 16.5. The van der Waals surface area contributed by atoms with Crippen LogP contribution >= 0.6 is 22.9 Å². The largest absolute Gasteiger partial charge is 0.493 e. The minimum Gasteiger partial charge on any atom is -0.493 e. The molecule has 0 saturated carbocycles. The van der Waals surface area contributed by atoms with Crippen molar-refractivity contribution in [3.63, 3.8) is 0 Å². The molecule has 4 aromatic rings. The van der Waals surface area contributed by atoms with Crippen LogP contribution in [0, 0.1) is 5.82 Å². The molecular weight excluding hydrogens is 475 g/mol. The van der Waals surface area contributed by atoms with Gasteiger partial charge in [-0.15, -0.1) is 11.3 Å². The summed E-state index contributed by atoms with van der Waals surface area (Å²) in [5.41, 5.74) is 1.43. The first-order valence-electron chi connectivity index (χ1n) is 10.3. The van der Waals surface area contributed by atoms with Crippen LogP contribution in [0.5, 0.6) is 11.5 Å². The maximum atomic E-state index is 13.6. The van der Waals surface area contributed by atoms with Crippen molar-refractivity contribution >= 4 is 56.5 Å². The average molecular weight is 493 g/mol. The maximum absolute atomic E-state index is 13.6. The molecule has 8 heteroatoms. The Morgan fingerprint density at radius 3 is 2.44 bits per heavy atom. The molecule has 1 aliphatic rings. The van der Waals surface area contributed by atoms with Crippen LogP contribution in [-0.4, -0.2) is 26.0 Å². The summed E-state index contributed by atoms with van der Waals surface area (Å²) < 4.78 is 25.3. The number of nitrogens with zero attached hydrogens (tertiary/aromatic N) is 2. The van der Waals surface area contributed by atoms with Crippen LogP contribution in [0.4, 0.5) is 10.1 Å². The van der Waals surface area contributed by atoms with Crippen molar-refractivity contribution in [2.75, 3.05) is 19.1 Å². The number of aliphatic imine (C=N–C) groups is 1. The summed E-state index contributed by atoms with van der Waals surface area (Å²) in [7, 11) is 3.11. The second-order valence-corrected chi connectivity index (χ2v) is 8.87. The molecule has 1 aromatic heterocycles. The fourth-order valence-corrected chi connectivity index (χ4v) is 5.25. The van der Waals surface area contributed by atoms with Gasteiger partial charge in [-0.25, -0.2) is 9.38 Å². The Hall–Kier alpha value is -3.68. The molecule has 0 unspecified atom stereocenters. The van der Waals surface area contributed by atoms with E-state index in [1.165, 1.54) is 28.4 Å². The number of anilines is 1. The quantitative estimate of drug-likeness (QED) is 0.297. The molecule has 0 aliphatic carbocycles. The van der Waals surface area contributed by atoms with Gasteiger partial charge in [0.05, 0.1) is 29.8 Å². The van der Waals surface area contributed by atoms with Crippen LogP contribution in [0.15, 0.2) is 77.4 Å². The lowest BCUT2D eigenvalue weighted by molar-refractivity contribution is -0.113. The van der Waals surface area contributed by atoms with Gasteiger partial charge in [-0.3, -0.25) is 9.69 Å². The van der Waals surface area contributed by atoms with Crippen LogP contribution in [0.25, 0.3) is 16.2 Å². The van der Waals surface area contributed by atoms with Crippen LogP contribution < -0.4 is 14.4 Å². The van der Waals surface area contributed by atoms with E-state index in [1.54, 1.807) is 44.6 Å². The molecule has 0 atom stereocenters. The Labute approximate surface area is 204 Å². The van der Waals surface area contributed by atoms with Crippen molar-refractivity contribution in [1.29, 1.82) is 0 Å². The Balaban J connectivity index is 1.66. The Kier molecular flexibility index (Phi) is 5.81. The number of hydrogen-bond donors (Lipinski definition) is 0. The molecule has 34 heavy (non-hydrogen) atoms. The van der Waals surface area contributed by atoms with E-state index in [0.717, 1.165) is 10.1 Å². The number of carbonyl (C=O) groups is 1. The number of hydrogen-bond acceptors (Lipinski definition) is 5. The molecule has 2 heterocycles. The third-order valence-corrected chi connectivity index (χ3v) is 7.07. The SMILES string of the molecule is COc1ccc(/C=C2/N=C(c3sc4ccccc4c3Cl)N(c3ccc(F)cc3)C2=O)cc1OC. The number of ether oxygens (including phenoxy) is 2. The fraction of sp³-hybridized carbons (Fsp3) is 0.0769. The van der Waals surface area contributed by atoms with Crippen LogP contribution in [0.3, 0.4) is 0 Å². The number of methoxy groups -OCH3 is 2. The monoisotopic (exact) mass is 492 g/mol. The third kappa shape index (κ3) is 3.83. The zero-order chi connectivity index (χ0) is 23.8. The fourth-order valence-electron chi connectivity index (χ4n) is 3.76. The van der Waals surface area contributed by atoms with E-state index in [9.17, 15) is 9.18 Å². The van der Waals surface area contributed by atoms with Gasteiger partial charge in [-0.2, -0.15) is 0 Å². The highest BCUT2D eigenvalue weighted by atomic mass is 35.5. The number of fused-ring (bicyclic) bond motifs is 1. The summed E-state index contributed by atoms with van der Waals surface area (Å²) in [5, 5.41) is 1.40. The van der Waals surface area contributed by atoms with Crippen molar-refractivity contribution in [3.05, 3.63) is 93.7 Å². The smallest absolute Gasteiger partial charge is 0.282 e. The number of amides is 1. The van der Waals surface area contributed by atoms with Gasteiger partial charge >= 0.3 is 0 Å². The van der Waals surface area contributed by atoms with E-state index in [0.29, 0.717) is 38.5 Å². The first kappa shape index (κ1) is 22.1. The molecule has 0 saturated heterocycles. The first-order valence-corrected chi connectivity index (χ1v) is 11.5. The lowest BCUT2D eigenvalue weighted by Crippen LogP contribution is -2.32. The second kappa shape index (κ2) is 8.93. The molecular formula is C26H18ClFN2O3S. The van der Waals surface area contributed by atoms with E-state index in [4.69, 9.17) is 21.1 Å². The Morgan fingerprint density at radius 2 is 1.74 bits per heavy atom. The number of halogens is 2. The summed E-state index contributed by atoms with van der Waals surface area (Å²) >= 11 is 8.18. The summed E-state index contributed by atoms with van der Waals surface area (Å²) in [5.74, 6) is 0.778. The summed E-state index contributed by atoms with van der Waals surface area (Å²) in [6, 6.07) is 18.8. The molecule has 170 valence electrons. The Bertz CT molecular complexity index is 1480. The van der Waals surface area contributed by atoms with Crippen molar-refractivity contribution in [3.8, 4) is 11.5 Å². The van der Waals surface area contributed by atoms with Crippen LogP contribution in [-0.2, 0) is 4.79 Å². The molecule has 0 bridgehead atoms. The summed E-state index contributed by atoms with van der Waals surface area (Å²) in [6.45, 7) is 0. The van der Waals surface area contributed by atoms with E-state index in [1.807, 2.05) is 30.3 Å². The van der Waals surface area contributed by atoms with E-state index < -0.39 is 5.82 Å². The van der Waals surface area contributed by atoms with Gasteiger partial charge < -0.3 is 9.47 Å². The maximum Gasteiger partial charge on any atom is 0.282 e. The minimum absolute atomic E-state index is 0.222.